The number of alkyl halides is 3. The van der Waals surface area contributed by atoms with Crippen LogP contribution in [0.5, 0.6) is 0 Å². The molecule has 4 nitrogen and oxygen atoms in total. The lowest BCUT2D eigenvalue weighted by atomic mass is 10.1. The first-order valence-corrected chi connectivity index (χ1v) is 8.05. The molecule has 0 saturated heterocycles. The zero-order valence-electron chi connectivity index (χ0n) is 14.2. The Morgan fingerprint density at radius 1 is 1.15 bits per heavy atom. The molecule has 0 unspecified atom stereocenters. The summed E-state index contributed by atoms with van der Waals surface area (Å²) in [6, 6.07) is 11.3. The van der Waals surface area contributed by atoms with Crippen molar-refractivity contribution in [2.75, 3.05) is 30.9 Å². The number of ether oxygens (including phenoxy) is 1. The summed E-state index contributed by atoms with van der Waals surface area (Å²) in [4.78, 5) is 14.2. The van der Waals surface area contributed by atoms with Gasteiger partial charge in [0.2, 0.25) is 0 Å². The lowest BCUT2D eigenvalue weighted by Crippen LogP contribution is -2.17. The summed E-state index contributed by atoms with van der Waals surface area (Å²) < 4.78 is 40.8. The van der Waals surface area contributed by atoms with Gasteiger partial charge in [-0.1, -0.05) is 23.7 Å². The highest BCUT2D eigenvalue weighted by molar-refractivity contribution is 6.31. The highest BCUT2D eigenvalue weighted by Gasteiger charge is 2.27. The van der Waals surface area contributed by atoms with Crippen molar-refractivity contribution in [2.45, 2.75) is 12.8 Å². The van der Waals surface area contributed by atoms with Gasteiger partial charge in [-0.15, -0.1) is 0 Å². The topological polar surface area (TPSA) is 41.6 Å². The first-order valence-electron chi connectivity index (χ1n) is 7.67. The minimum absolute atomic E-state index is 0.180. The van der Waals surface area contributed by atoms with Gasteiger partial charge < -0.3 is 15.0 Å². The van der Waals surface area contributed by atoms with Crippen molar-refractivity contribution in [3.8, 4) is 0 Å². The lowest BCUT2D eigenvalue weighted by molar-refractivity contribution is -0.176. The Hall–Kier alpha value is -2.25. The highest BCUT2D eigenvalue weighted by Crippen LogP contribution is 2.28. The highest BCUT2D eigenvalue weighted by atomic mass is 35.5. The third-order valence-corrected chi connectivity index (χ3v) is 3.67. The number of hydrogen-bond acceptors (Lipinski definition) is 3. The summed E-state index contributed by atoms with van der Waals surface area (Å²) in [5, 5.41) is 3.28. The molecule has 0 radical (unpaired) electrons. The largest absolute Gasteiger partial charge is 0.411 e. The molecule has 2 rings (SSSR count). The van der Waals surface area contributed by atoms with E-state index in [4.69, 9.17) is 11.6 Å². The first-order chi connectivity index (χ1) is 12.2. The monoisotopic (exact) mass is 386 g/mol. The van der Waals surface area contributed by atoms with Crippen LogP contribution >= 0.6 is 11.6 Å². The van der Waals surface area contributed by atoms with E-state index in [0.29, 0.717) is 21.8 Å². The van der Waals surface area contributed by atoms with Crippen molar-refractivity contribution >= 4 is 28.9 Å². The molecule has 26 heavy (non-hydrogen) atoms. The molecule has 0 saturated carbocycles. The molecule has 2 aromatic carbocycles. The molecule has 0 heterocycles. The minimum Gasteiger partial charge on any atom is -0.376 e. The van der Waals surface area contributed by atoms with Gasteiger partial charge >= 0.3 is 6.18 Å². The van der Waals surface area contributed by atoms with Crippen LogP contribution in [0.3, 0.4) is 0 Å². The summed E-state index contributed by atoms with van der Waals surface area (Å²) in [5.74, 6) is -0.349. The van der Waals surface area contributed by atoms with E-state index in [9.17, 15) is 18.0 Å². The predicted octanol–water partition coefficient (Wildman–Crippen LogP) is 4.74. The molecule has 0 aliphatic carbocycles. The van der Waals surface area contributed by atoms with Gasteiger partial charge in [0.1, 0.15) is 6.61 Å². The molecule has 0 fully saturated rings. The minimum atomic E-state index is -4.36. The van der Waals surface area contributed by atoms with Crippen molar-refractivity contribution in [1.82, 2.24) is 0 Å². The smallest absolute Gasteiger partial charge is 0.376 e. The molecular formula is C18H18ClF3N2O2. The molecule has 0 spiro atoms. The molecule has 0 atom stereocenters. The third kappa shape index (κ3) is 5.93. The number of anilines is 2. The van der Waals surface area contributed by atoms with Crippen molar-refractivity contribution in [2.24, 2.45) is 0 Å². The first kappa shape index (κ1) is 20.1. The SMILES string of the molecule is CN(C)c1ccc(Cl)cc1NC(=O)c1ccc(COCC(F)(F)F)cc1. The Morgan fingerprint density at radius 3 is 2.38 bits per heavy atom. The van der Waals surface area contributed by atoms with E-state index < -0.39 is 12.8 Å². The van der Waals surface area contributed by atoms with Crippen LogP contribution in [-0.2, 0) is 11.3 Å². The summed E-state index contributed by atoms with van der Waals surface area (Å²) in [6.07, 6.45) is -4.36. The van der Waals surface area contributed by atoms with Gasteiger partial charge in [-0.25, -0.2) is 0 Å². The van der Waals surface area contributed by atoms with Crippen LogP contribution in [0.25, 0.3) is 0 Å². The van der Waals surface area contributed by atoms with Crippen LogP contribution in [0.2, 0.25) is 5.02 Å². The number of rotatable bonds is 6. The van der Waals surface area contributed by atoms with Crippen LogP contribution in [0.4, 0.5) is 24.5 Å². The maximum absolute atomic E-state index is 12.4. The number of nitrogens with one attached hydrogen (secondary N) is 1. The van der Waals surface area contributed by atoms with Gasteiger partial charge in [-0.05, 0) is 35.9 Å². The molecule has 1 N–H and O–H groups in total. The van der Waals surface area contributed by atoms with Crippen LogP contribution < -0.4 is 10.2 Å². The summed E-state index contributed by atoms with van der Waals surface area (Å²) in [7, 11) is 3.68. The predicted molar refractivity (Wildman–Crippen MR) is 95.9 cm³/mol. The third-order valence-electron chi connectivity index (χ3n) is 3.44. The van der Waals surface area contributed by atoms with E-state index in [2.05, 4.69) is 10.1 Å². The number of benzene rings is 2. The van der Waals surface area contributed by atoms with E-state index in [1.165, 1.54) is 12.1 Å². The molecule has 0 aromatic heterocycles. The number of amides is 1. The molecule has 1 amide bonds. The summed E-state index contributed by atoms with van der Waals surface area (Å²) in [6.45, 7) is -1.49. The average Bonchev–Trinajstić information content (AvgIpc) is 2.54. The average molecular weight is 387 g/mol. The van der Waals surface area contributed by atoms with Gasteiger partial charge in [-0.3, -0.25) is 4.79 Å². The van der Waals surface area contributed by atoms with Crippen molar-refractivity contribution in [3.63, 3.8) is 0 Å². The number of carbonyl (C=O) groups excluding carboxylic acids is 1. The van der Waals surface area contributed by atoms with E-state index >= 15 is 0 Å². The lowest BCUT2D eigenvalue weighted by Gasteiger charge is -2.18. The van der Waals surface area contributed by atoms with Crippen LogP contribution in [0, 0.1) is 0 Å². The normalized spacial score (nSPS) is 11.3. The molecular weight excluding hydrogens is 369 g/mol. The number of hydrogen-bond donors (Lipinski definition) is 1. The standard InChI is InChI=1S/C18H18ClF3N2O2/c1-24(2)16-8-7-14(19)9-15(16)23-17(25)13-5-3-12(4-6-13)10-26-11-18(20,21)22/h3-9H,10-11H2,1-2H3,(H,23,25). The Morgan fingerprint density at radius 2 is 1.81 bits per heavy atom. The Bertz CT molecular complexity index is 762. The fourth-order valence-corrected chi connectivity index (χ4v) is 2.40. The van der Waals surface area contributed by atoms with Crippen LogP contribution in [0.15, 0.2) is 42.5 Å². The fourth-order valence-electron chi connectivity index (χ4n) is 2.23. The molecule has 0 aliphatic heterocycles. The van der Waals surface area contributed by atoms with Gasteiger partial charge in [0, 0.05) is 24.7 Å². The molecule has 8 heteroatoms. The number of carbonyl (C=O) groups is 1. The summed E-state index contributed by atoms with van der Waals surface area (Å²) in [5.41, 5.74) is 2.27. The van der Waals surface area contributed by atoms with Crippen LogP contribution in [0.1, 0.15) is 15.9 Å². The second-order valence-corrected chi connectivity index (χ2v) is 6.25. The quantitative estimate of drug-likeness (QED) is 0.779. The molecule has 2 aromatic rings. The van der Waals surface area contributed by atoms with E-state index in [1.807, 2.05) is 19.0 Å². The van der Waals surface area contributed by atoms with Gasteiger partial charge in [0.25, 0.3) is 5.91 Å². The Balaban J connectivity index is 2.03. The zero-order chi connectivity index (χ0) is 19.3. The van der Waals surface area contributed by atoms with Gasteiger partial charge in [0.15, 0.2) is 0 Å². The van der Waals surface area contributed by atoms with Gasteiger partial charge in [0.05, 0.1) is 18.0 Å². The Labute approximate surface area is 154 Å². The second-order valence-electron chi connectivity index (χ2n) is 5.81. The molecule has 0 aliphatic rings. The molecule has 0 bridgehead atoms. The van der Waals surface area contributed by atoms with E-state index in [1.54, 1.807) is 30.3 Å². The second kappa shape index (κ2) is 8.42. The Kier molecular flexibility index (Phi) is 6.50. The van der Waals surface area contributed by atoms with E-state index in [-0.39, 0.29) is 12.5 Å². The van der Waals surface area contributed by atoms with Crippen molar-refractivity contribution in [3.05, 3.63) is 58.6 Å². The van der Waals surface area contributed by atoms with Crippen molar-refractivity contribution in [1.29, 1.82) is 0 Å². The van der Waals surface area contributed by atoms with Gasteiger partial charge in [-0.2, -0.15) is 13.2 Å². The summed E-state index contributed by atoms with van der Waals surface area (Å²) >= 11 is 5.99. The zero-order valence-corrected chi connectivity index (χ0v) is 15.0. The molecule has 140 valence electrons. The maximum atomic E-state index is 12.4. The van der Waals surface area contributed by atoms with Crippen molar-refractivity contribution < 1.29 is 22.7 Å². The maximum Gasteiger partial charge on any atom is 0.411 e. The van der Waals surface area contributed by atoms with Crippen LogP contribution in [-0.4, -0.2) is 32.8 Å². The van der Waals surface area contributed by atoms with E-state index in [0.717, 1.165) is 5.69 Å². The fraction of sp³-hybridized carbons (Fsp3) is 0.278. The number of nitrogens with zero attached hydrogens (tertiary/aromatic N) is 1. The number of halogens is 4.